The van der Waals surface area contributed by atoms with E-state index in [1.807, 2.05) is 0 Å². The molecular weight excluding hydrogens is 198 g/mol. The van der Waals surface area contributed by atoms with Crippen LogP contribution in [0.1, 0.15) is 57.2 Å². The molecule has 2 aliphatic rings. The largest absolute Gasteiger partial charge is 0.370 e. The zero-order chi connectivity index (χ0) is 11.1. The molecule has 1 aromatic heterocycles. The average molecular weight is 219 g/mol. The number of hydrogen-bond acceptors (Lipinski definition) is 2. The Balaban J connectivity index is 1.94. The third kappa shape index (κ3) is 1.53. The van der Waals surface area contributed by atoms with E-state index in [0.29, 0.717) is 12.0 Å². The van der Waals surface area contributed by atoms with Crippen LogP contribution in [0.5, 0.6) is 0 Å². The smallest absolute Gasteiger partial charge is 0.124 e. The summed E-state index contributed by atoms with van der Waals surface area (Å²) < 4.78 is 2.27. The molecule has 1 aliphatic carbocycles. The lowest BCUT2D eigenvalue weighted by Crippen LogP contribution is -2.35. The van der Waals surface area contributed by atoms with Crippen molar-refractivity contribution in [3.05, 3.63) is 11.8 Å². The fourth-order valence-corrected chi connectivity index (χ4v) is 3.06. The normalized spacial score (nSPS) is 28.4. The first kappa shape index (κ1) is 10.2. The predicted molar refractivity (Wildman–Crippen MR) is 65.8 cm³/mol. The molecule has 0 radical (unpaired) electrons. The standard InChI is InChI=1S/C13H21N3/c1-9(2)11-7-13-14-8-10-5-3-4-6-12(10)16(13)15-11/h7,9-10,12,14H,3-6,8H2,1-2H3. The van der Waals surface area contributed by atoms with Crippen molar-refractivity contribution in [1.29, 1.82) is 0 Å². The number of fused-ring (bicyclic) bond motifs is 3. The van der Waals surface area contributed by atoms with E-state index in [1.54, 1.807) is 0 Å². The minimum absolute atomic E-state index is 0.530. The molecule has 1 aromatic rings. The molecular formula is C13H21N3. The van der Waals surface area contributed by atoms with Gasteiger partial charge in [0.1, 0.15) is 5.82 Å². The molecule has 16 heavy (non-hydrogen) atoms. The molecule has 3 rings (SSSR count). The van der Waals surface area contributed by atoms with Crippen LogP contribution in [0.25, 0.3) is 0 Å². The first-order valence-corrected chi connectivity index (χ1v) is 6.59. The molecule has 0 amide bonds. The van der Waals surface area contributed by atoms with Gasteiger partial charge in [-0.05, 0) is 24.7 Å². The molecule has 0 aromatic carbocycles. The van der Waals surface area contributed by atoms with Crippen LogP contribution in [0, 0.1) is 5.92 Å². The number of nitrogens with one attached hydrogen (secondary N) is 1. The summed E-state index contributed by atoms with van der Waals surface area (Å²) in [5.41, 5.74) is 1.23. The van der Waals surface area contributed by atoms with Gasteiger partial charge in [-0.15, -0.1) is 0 Å². The predicted octanol–water partition coefficient (Wildman–Crippen LogP) is 3.16. The van der Waals surface area contributed by atoms with Crippen LogP contribution in [0.2, 0.25) is 0 Å². The lowest BCUT2D eigenvalue weighted by atomic mass is 9.83. The minimum atomic E-state index is 0.530. The summed E-state index contributed by atoms with van der Waals surface area (Å²) in [5.74, 6) is 2.58. The Morgan fingerprint density at radius 1 is 1.38 bits per heavy atom. The maximum Gasteiger partial charge on any atom is 0.124 e. The maximum atomic E-state index is 4.79. The number of hydrogen-bond donors (Lipinski definition) is 1. The summed E-state index contributed by atoms with van der Waals surface area (Å²) in [6, 6.07) is 2.90. The molecule has 1 fully saturated rings. The van der Waals surface area contributed by atoms with Gasteiger partial charge in [0, 0.05) is 12.6 Å². The van der Waals surface area contributed by atoms with Gasteiger partial charge >= 0.3 is 0 Å². The Kier molecular flexibility index (Phi) is 2.41. The van der Waals surface area contributed by atoms with Crippen molar-refractivity contribution in [1.82, 2.24) is 9.78 Å². The Labute approximate surface area is 97.2 Å². The van der Waals surface area contributed by atoms with Crippen molar-refractivity contribution in [2.75, 3.05) is 11.9 Å². The van der Waals surface area contributed by atoms with E-state index in [-0.39, 0.29) is 0 Å². The van der Waals surface area contributed by atoms with Gasteiger partial charge in [0.15, 0.2) is 0 Å². The zero-order valence-electron chi connectivity index (χ0n) is 10.2. The SMILES string of the molecule is CC(C)c1cc2n(n1)C1CCCCC1CN2. The zero-order valence-corrected chi connectivity index (χ0v) is 10.2. The van der Waals surface area contributed by atoms with E-state index in [0.717, 1.165) is 12.5 Å². The second-order valence-corrected chi connectivity index (χ2v) is 5.55. The maximum absolute atomic E-state index is 4.79. The van der Waals surface area contributed by atoms with Gasteiger partial charge in [-0.25, -0.2) is 4.68 Å². The molecule has 0 bridgehead atoms. The Bertz CT molecular complexity index is 381. The average Bonchev–Trinajstić information content (AvgIpc) is 2.73. The van der Waals surface area contributed by atoms with Crippen molar-refractivity contribution in [3.63, 3.8) is 0 Å². The summed E-state index contributed by atoms with van der Waals surface area (Å²) in [5, 5.41) is 8.33. The number of aromatic nitrogens is 2. The molecule has 1 N–H and O–H groups in total. The molecule has 1 saturated carbocycles. The van der Waals surface area contributed by atoms with Crippen LogP contribution in [0.15, 0.2) is 6.07 Å². The Morgan fingerprint density at radius 3 is 3.00 bits per heavy atom. The van der Waals surface area contributed by atoms with Crippen LogP contribution in [-0.2, 0) is 0 Å². The van der Waals surface area contributed by atoms with Gasteiger partial charge in [-0.1, -0.05) is 26.7 Å². The fraction of sp³-hybridized carbons (Fsp3) is 0.769. The molecule has 1 aliphatic heterocycles. The monoisotopic (exact) mass is 219 g/mol. The first-order valence-electron chi connectivity index (χ1n) is 6.59. The summed E-state index contributed by atoms with van der Waals surface area (Å²) in [6.45, 7) is 5.58. The number of rotatable bonds is 1. The number of nitrogens with zero attached hydrogens (tertiary/aromatic N) is 2. The fourth-order valence-electron chi connectivity index (χ4n) is 3.06. The van der Waals surface area contributed by atoms with Gasteiger partial charge in [-0.2, -0.15) is 5.10 Å². The highest BCUT2D eigenvalue weighted by Gasteiger charge is 2.32. The quantitative estimate of drug-likeness (QED) is 0.786. The van der Waals surface area contributed by atoms with Gasteiger partial charge in [-0.3, -0.25) is 0 Å². The van der Waals surface area contributed by atoms with Crippen LogP contribution in [0.3, 0.4) is 0 Å². The summed E-state index contributed by atoms with van der Waals surface area (Å²) >= 11 is 0. The van der Waals surface area contributed by atoms with Gasteiger partial charge in [0.25, 0.3) is 0 Å². The van der Waals surface area contributed by atoms with E-state index in [9.17, 15) is 0 Å². The molecule has 2 atom stereocenters. The van der Waals surface area contributed by atoms with E-state index < -0.39 is 0 Å². The summed E-state index contributed by atoms with van der Waals surface area (Å²) in [4.78, 5) is 0. The summed E-state index contributed by atoms with van der Waals surface area (Å²) in [6.07, 6.45) is 5.46. The second-order valence-electron chi connectivity index (χ2n) is 5.55. The molecule has 2 unspecified atom stereocenters. The van der Waals surface area contributed by atoms with Crippen molar-refractivity contribution in [2.45, 2.75) is 51.5 Å². The molecule has 0 spiro atoms. The first-order chi connectivity index (χ1) is 7.75. The van der Waals surface area contributed by atoms with Crippen LogP contribution in [0.4, 0.5) is 5.82 Å². The van der Waals surface area contributed by atoms with E-state index in [4.69, 9.17) is 5.10 Å². The van der Waals surface area contributed by atoms with Gasteiger partial charge in [0.2, 0.25) is 0 Å². The third-order valence-electron chi connectivity index (χ3n) is 4.07. The van der Waals surface area contributed by atoms with E-state index in [2.05, 4.69) is 29.9 Å². The van der Waals surface area contributed by atoms with Crippen molar-refractivity contribution in [3.8, 4) is 0 Å². The van der Waals surface area contributed by atoms with E-state index >= 15 is 0 Å². The molecule has 2 heterocycles. The molecule has 3 nitrogen and oxygen atoms in total. The van der Waals surface area contributed by atoms with Gasteiger partial charge < -0.3 is 5.32 Å². The Hall–Kier alpha value is -0.990. The highest BCUT2D eigenvalue weighted by molar-refractivity contribution is 5.40. The van der Waals surface area contributed by atoms with Crippen LogP contribution >= 0.6 is 0 Å². The summed E-state index contributed by atoms with van der Waals surface area (Å²) in [7, 11) is 0. The number of anilines is 1. The molecule has 3 heteroatoms. The van der Waals surface area contributed by atoms with Crippen molar-refractivity contribution in [2.24, 2.45) is 5.92 Å². The molecule has 88 valence electrons. The topological polar surface area (TPSA) is 29.9 Å². The minimum Gasteiger partial charge on any atom is -0.370 e. The highest BCUT2D eigenvalue weighted by atomic mass is 15.4. The second kappa shape index (κ2) is 3.79. The van der Waals surface area contributed by atoms with Crippen molar-refractivity contribution >= 4 is 5.82 Å². The van der Waals surface area contributed by atoms with Crippen molar-refractivity contribution < 1.29 is 0 Å². The third-order valence-corrected chi connectivity index (χ3v) is 4.07. The highest BCUT2D eigenvalue weighted by Crippen LogP contribution is 2.39. The van der Waals surface area contributed by atoms with Crippen LogP contribution in [-0.4, -0.2) is 16.3 Å². The van der Waals surface area contributed by atoms with E-state index in [1.165, 1.54) is 37.2 Å². The molecule has 0 saturated heterocycles. The lowest BCUT2D eigenvalue weighted by Gasteiger charge is -2.36. The lowest BCUT2D eigenvalue weighted by molar-refractivity contribution is 0.221. The van der Waals surface area contributed by atoms with Crippen LogP contribution < -0.4 is 5.32 Å². The van der Waals surface area contributed by atoms with Gasteiger partial charge in [0.05, 0.1) is 11.7 Å². The Morgan fingerprint density at radius 2 is 2.19 bits per heavy atom.